The summed E-state index contributed by atoms with van der Waals surface area (Å²) in [5.74, 6) is 0.452. The van der Waals surface area contributed by atoms with Crippen LogP contribution in [-0.4, -0.2) is 14.7 Å². The molecule has 0 radical (unpaired) electrons. The summed E-state index contributed by atoms with van der Waals surface area (Å²) in [5.41, 5.74) is 3.49. The molecule has 6 heteroatoms. The second-order valence-electron chi connectivity index (χ2n) is 6.78. The number of para-hydroxylation sites is 1. The Balaban J connectivity index is 2.08. The van der Waals surface area contributed by atoms with Crippen LogP contribution in [0.2, 0.25) is 0 Å². The first-order chi connectivity index (χ1) is 13.3. The molecule has 2 aromatic heterocycles. The molecule has 2 aromatic carbocycles. The van der Waals surface area contributed by atoms with Crippen LogP contribution in [0, 0.1) is 13.8 Å². The lowest BCUT2D eigenvalue weighted by molar-refractivity contribution is 0.601. The van der Waals surface area contributed by atoms with Crippen LogP contribution in [0.1, 0.15) is 10.4 Å². The number of benzene rings is 2. The third kappa shape index (κ3) is 3.08. The van der Waals surface area contributed by atoms with E-state index < -0.39 is 9.84 Å². The van der Waals surface area contributed by atoms with Gasteiger partial charge in [-0.3, -0.25) is 4.79 Å². The first-order valence-corrected chi connectivity index (χ1v) is 11.5. The SMILES string of the molecule is Cc1csc(C)c1-c1c(-c2ccc(S(C)(=O)=O)cc2)oc2ccccc2c1=O. The number of hydrogen-bond acceptors (Lipinski definition) is 5. The van der Waals surface area contributed by atoms with Crippen LogP contribution in [-0.2, 0) is 9.84 Å². The van der Waals surface area contributed by atoms with Crippen molar-refractivity contribution in [1.29, 1.82) is 0 Å². The standard InChI is InChI=1S/C22H18O4S2/c1-13-12-27-14(2)19(13)20-21(23)17-6-4-5-7-18(17)26-22(20)15-8-10-16(11-9-15)28(3,24)25/h4-12H,1-3H3. The van der Waals surface area contributed by atoms with Gasteiger partial charge in [0.05, 0.1) is 15.8 Å². The molecule has 4 nitrogen and oxygen atoms in total. The molecule has 0 aliphatic heterocycles. The van der Waals surface area contributed by atoms with Gasteiger partial charge in [0, 0.05) is 22.3 Å². The zero-order chi connectivity index (χ0) is 20.1. The van der Waals surface area contributed by atoms with E-state index in [1.54, 1.807) is 35.6 Å². The van der Waals surface area contributed by atoms with Gasteiger partial charge in [0.15, 0.2) is 9.84 Å². The van der Waals surface area contributed by atoms with Crippen molar-refractivity contribution in [1.82, 2.24) is 0 Å². The second kappa shape index (κ2) is 6.72. The Kier molecular flexibility index (Phi) is 4.48. The largest absolute Gasteiger partial charge is 0.455 e. The van der Waals surface area contributed by atoms with Crippen molar-refractivity contribution in [2.45, 2.75) is 18.7 Å². The lowest BCUT2D eigenvalue weighted by Gasteiger charge is -2.12. The highest BCUT2D eigenvalue weighted by atomic mass is 32.2. The van der Waals surface area contributed by atoms with Crippen LogP contribution in [0.25, 0.3) is 33.4 Å². The van der Waals surface area contributed by atoms with Crippen LogP contribution in [0.5, 0.6) is 0 Å². The number of aryl methyl sites for hydroxylation is 2. The first kappa shape index (κ1) is 18.7. The lowest BCUT2D eigenvalue weighted by Crippen LogP contribution is -2.08. The van der Waals surface area contributed by atoms with Gasteiger partial charge >= 0.3 is 0 Å². The lowest BCUT2D eigenvalue weighted by atomic mass is 9.96. The van der Waals surface area contributed by atoms with Gasteiger partial charge in [-0.05, 0) is 61.2 Å². The fraction of sp³-hybridized carbons (Fsp3) is 0.136. The summed E-state index contributed by atoms with van der Waals surface area (Å²) >= 11 is 1.59. The Hall–Kier alpha value is -2.70. The van der Waals surface area contributed by atoms with Gasteiger partial charge in [-0.25, -0.2) is 8.42 Å². The van der Waals surface area contributed by atoms with Crippen molar-refractivity contribution >= 4 is 32.1 Å². The molecule has 0 amide bonds. The first-order valence-electron chi connectivity index (χ1n) is 8.69. The average molecular weight is 411 g/mol. The van der Waals surface area contributed by atoms with Crippen molar-refractivity contribution in [2.24, 2.45) is 0 Å². The van der Waals surface area contributed by atoms with Crippen LogP contribution in [0.3, 0.4) is 0 Å². The summed E-state index contributed by atoms with van der Waals surface area (Å²) in [5, 5.41) is 2.55. The summed E-state index contributed by atoms with van der Waals surface area (Å²) in [6, 6.07) is 13.6. The third-order valence-corrected chi connectivity index (χ3v) is 6.91. The normalized spacial score (nSPS) is 11.8. The smallest absolute Gasteiger partial charge is 0.201 e. The summed E-state index contributed by atoms with van der Waals surface area (Å²) < 4.78 is 29.7. The average Bonchev–Trinajstić information content (AvgIpc) is 2.99. The summed E-state index contributed by atoms with van der Waals surface area (Å²) in [4.78, 5) is 14.7. The zero-order valence-electron chi connectivity index (χ0n) is 15.6. The fourth-order valence-electron chi connectivity index (χ4n) is 3.37. The van der Waals surface area contributed by atoms with Crippen LogP contribution >= 0.6 is 11.3 Å². The molecule has 2 heterocycles. The number of thiophene rings is 1. The Bertz CT molecular complexity index is 1340. The van der Waals surface area contributed by atoms with Crippen LogP contribution in [0.15, 0.2) is 68.0 Å². The maximum Gasteiger partial charge on any atom is 0.201 e. The van der Waals surface area contributed by atoms with Gasteiger partial charge < -0.3 is 4.42 Å². The molecule has 0 saturated heterocycles. The Morgan fingerprint density at radius 2 is 1.61 bits per heavy atom. The van der Waals surface area contributed by atoms with Gasteiger partial charge in [-0.15, -0.1) is 11.3 Å². The van der Waals surface area contributed by atoms with Gasteiger partial charge in [0.1, 0.15) is 11.3 Å². The monoisotopic (exact) mass is 410 g/mol. The minimum Gasteiger partial charge on any atom is -0.455 e. The maximum absolute atomic E-state index is 13.4. The van der Waals surface area contributed by atoms with Crippen molar-refractivity contribution in [2.75, 3.05) is 6.26 Å². The van der Waals surface area contributed by atoms with Gasteiger partial charge in [0.2, 0.25) is 5.43 Å². The van der Waals surface area contributed by atoms with E-state index in [0.717, 1.165) is 16.0 Å². The topological polar surface area (TPSA) is 64.3 Å². The molecule has 28 heavy (non-hydrogen) atoms. The predicted molar refractivity (Wildman–Crippen MR) is 114 cm³/mol. The molecule has 0 unspecified atom stereocenters. The molecule has 0 bridgehead atoms. The highest BCUT2D eigenvalue weighted by Gasteiger charge is 2.22. The number of fused-ring (bicyclic) bond motifs is 1. The minimum absolute atomic E-state index is 0.0892. The van der Waals surface area contributed by atoms with E-state index >= 15 is 0 Å². The Labute approximate surface area is 167 Å². The van der Waals surface area contributed by atoms with E-state index in [9.17, 15) is 13.2 Å². The summed E-state index contributed by atoms with van der Waals surface area (Å²) in [7, 11) is -3.30. The molecule has 4 aromatic rings. The van der Waals surface area contributed by atoms with Crippen molar-refractivity contribution < 1.29 is 12.8 Å². The van der Waals surface area contributed by atoms with E-state index in [2.05, 4.69) is 0 Å². The number of hydrogen-bond donors (Lipinski definition) is 0. The fourth-order valence-corrected chi connectivity index (χ4v) is 4.85. The van der Waals surface area contributed by atoms with Gasteiger partial charge in [-0.2, -0.15) is 0 Å². The zero-order valence-corrected chi connectivity index (χ0v) is 17.3. The van der Waals surface area contributed by atoms with E-state index in [4.69, 9.17) is 4.42 Å². The minimum atomic E-state index is -3.30. The van der Waals surface area contributed by atoms with Gasteiger partial charge in [-0.1, -0.05) is 12.1 Å². The predicted octanol–water partition coefficient (Wildman–Crippen LogP) is 5.21. The van der Waals surface area contributed by atoms with Crippen molar-refractivity contribution in [3.63, 3.8) is 0 Å². The van der Waals surface area contributed by atoms with E-state index in [0.29, 0.717) is 27.9 Å². The highest BCUT2D eigenvalue weighted by Crippen LogP contribution is 2.38. The summed E-state index contributed by atoms with van der Waals surface area (Å²) in [6.07, 6.45) is 1.17. The van der Waals surface area contributed by atoms with Crippen LogP contribution in [0.4, 0.5) is 0 Å². The van der Waals surface area contributed by atoms with Crippen molar-refractivity contribution in [3.05, 3.63) is 74.6 Å². The molecule has 0 saturated carbocycles. The molecular formula is C22H18O4S2. The van der Waals surface area contributed by atoms with E-state index in [1.165, 1.54) is 18.4 Å². The Morgan fingerprint density at radius 1 is 0.929 bits per heavy atom. The molecule has 0 aliphatic carbocycles. The highest BCUT2D eigenvalue weighted by molar-refractivity contribution is 7.90. The molecule has 0 aliphatic rings. The molecular weight excluding hydrogens is 392 g/mol. The van der Waals surface area contributed by atoms with Crippen LogP contribution < -0.4 is 5.43 Å². The van der Waals surface area contributed by atoms with Gasteiger partial charge in [0.25, 0.3) is 0 Å². The molecule has 0 atom stereocenters. The maximum atomic E-state index is 13.4. The molecule has 0 fully saturated rings. The number of sulfone groups is 1. The second-order valence-corrected chi connectivity index (χ2v) is 9.88. The Morgan fingerprint density at radius 3 is 2.21 bits per heavy atom. The number of rotatable bonds is 3. The molecule has 4 rings (SSSR count). The van der Waals surface area contributed by atoms with Crippen molar-refractivity contribution in [3.8, 4) is 22.5 Å². The molecule has 0 N–H and O–H groups in total. The third-order valence-electron chi connectivity index (χ3n) is 4.75. The van der Waals surface area contributed by atoms with E-state index in [1.807, 2.05) is 31.4 Å². The summed E-state index contributed by atoms with van der Waals surface area (Å²) in [6.45, 7) is 3.96. The molecule has 142 valence electrons. The molecule has 0 spiro atoms. The quantitative estimate of drug-likeness (QED) is 0.465. The van der Waals surface area contributed by atoms with E-state index in [-0.39, 0.29) is 10.3 Å².